The molecule has 0 spiro atoms. The summed E-state index contributed by atoms with van der Waals surface area (Å²) in [6.45, 7) is 4.95. The average Bonchev–Trinajstić information content (AvgIpc) is 2.24. The van der Waals surface area contributed by atoms with Crippen molar-refractivity contribution in [3.8, 4) is 0 Å². The number of hydrogen-bond acceptors (Lipinski definition) is 4. The van der Waals surface area contributed by atoms with Gasteiger partial charge in [-0.15, -0.1) is 6.58 Å². The Kier molecular flexibility index (Phi) is 5.73. The third kappa shape index (κ3) is 4.54. The number of carboxylic acid groups (broad SMARTS) is 2. The zero-order chi connectivity index (χ0) is 13.5. The fourth-order valence-electron chi connectivity index (χ4n) is 1.12. The van der Waals surface area contributed by atoms with Crippen molar-refractivity contribution >= 4 is 18.0 Å². The quantitative estimate of drug-likeness (QED) is 0.566. The summed E-state index contributed by atoms with van der Waals surface area (Å²) in [6, 6.07) is 0. The highest BCUT2D eigenvalue weighted by molar-refractivity contribution is 5.87. The molecule has 17 heavy (non-hydrogen) atoms. The summed E-state index contributed by atoms with van der Waals surface area (Å²) in [7, 11) is 0. The lowest BCUT2D eigenvalue weighted by Gasteiger charge is -2.25. The Morgan fingerprint density at radius 3 is 2.35 bits per heavy atom. The van der Waals surface area contributed by atoms with Crippen LogP contribution >= 0.6 is 0 Å². The van der Waals surface area contributed by atoms with Gasteiger partial charge in [-0.25, -0.2) is 9.59 Å². The molecule has 7 heteroatoms. The number of carbonyl (C=O) groups excluding carboxylic acids is 1. The van der Waals surface area contributed by atoms with Crippen molar-refractivity contribution < 1.29 is 29.3 Å². The summed E-state index contributed by atoms with van der Waals surface area (Å²) in [5.41, 5.74) is -1.83. The predicted octanol–water partition coefficient (Wildman–Crippen LogP) is 0.607. The first kappa shape index (κ1) is 14.9. The summed E-state index contributed by atoms with van der Waals surface area (Å²) in [5.74, 6) is -2.55. The normalized spacial score (nSPS) is 13.2. The van der Waals surface area contributed by atoms with Crippen molar-refractivity contribution in [2.24, 2.45) is 0 Å². The van der Waals surface area contributed by atoms with Crippen LogP contribution in [0.2, 0.25) is 0 Å². The van der Waals surface area contributed by atoms with E-state index in [2.05, 4.69) is 16.6 Å². The predicted molar refractivity (Wildman–Crippen MR) is 57.6 cm³/mol. The van der Waals surface area contributed by atoms with Gasteiger partial charge in [0, 0.05) is 6.42 Å². The van der Waals surface area contributed by atoms with E-state index in [0.29, 0.717) is 0 Å². The molecule has 0 heterocycles. The fourth-order valence-corrected chi connectivity index (χ4v) is 1.12. The molecule has 0 saturated carbocycles. The molecular weight excluding hydrogens is 230 g/mol. The Hall–Kier alpha value is -2.05. The molecule has 0 aliphatic carbocycles. The van der Waals surface area contributed by atoms with Gasteiger partial charge in [0.2, 0.25) is 0 Å². The number of nitrogens with one attached hydrogen (secondary N) is 1. The second-order valence-electron chi connectivity index (χ2n) is 3.22. The molecule has 0 aromatic carbocycles. The lowest BCUT2D eigenvalue weighted by molar-refractivity contribution is -0.143. The van der Waals surface area contributed by atoms with Crippen molar-refractivity contribution in [2.75, 3.05) is 6.61 Å². The molecule has 1 unspecified atom stereocenters. The van der Waals surface area contributed by atoms with E-state index in [1.165, 1.54) is 0 Å². The van der Waals surface area contributed by atoms with E-state index in [9.17, 15) is 14.4 Å². The van der Waals surface area contributed by atoms with Crippen LogP contribution in [0, 0.1) is 0 Å². The molecular formula is C10H15NO6. The molecule has 7 nitrogen and oxygen atoms in total. The van der Waals surface area contributed by atoms with Crippen LogP contribution in [-0.2, 0) is 14.3 Å². The molecule has 96 valence electrons. The molecule has 0 fully saturated rings. The number of alkyl carbamates (subject to hydrolysis) is 1. The third-order valence-electron chi connectivity index (χ3n) is 2.06. The van der Waals surface area contributed by atoms with Gasteiger partial charge in [-0.3, -0.25) is 4.79 Å². The van der Waals surface area contributed by atoms with Crippen molar-refractivity contribution in [3.63, 3.8) is 0 Å². The highest BCUT2D eigenvalue weighted by Crippen LogP contribution is 2.15. The number of carboxylic acids is 2. The Labute approximate surface area is 98.1 Å². The molecule has 3 N–H and O–H groups in total. The van der Waals surface area contributed by atoms with Gasteiger partial charge in [-0.05, 0) is 13.3 Å². The largest absolute Gasteiger partial charge is 0.481 e. The van der Waals surface area contributed by atoms with Crippen molar-refractivity contribution in [2.45, 2.75) is 25.3 Å². The van der Waals surface area contributed by atoms with Gasteiger partial charge in [0.25, 0.3) is 0 Å². The summed E-state index contributed by atoms with van der Waals surface area (Å²) in [6.07, 6.45) is -0.667. The van der Waals surface area contributed by atoms with Crippen LogP contribution in [0.3, 0.4) is 0 Å². The summed E-state index contributed by atoms with van der Waals surface area (Å²) in [5, 5.41) is 19.6. The monoisotopic (exact) mass is 245 g/mol. The minimum atomic E-state index is -1.83. The molecule has 1 atom stereocenters. The van der Waals surface area contributed by atoms with Crippen LogP contribution < -0.4 is 5.32 Å². The molecule has 0 aliphatic rings. The molecule has 0 aromatic rings. The Morgan fingerprint density at radius 2 is 2.00 bits per heavy atom. The molecule has 0 rings (SSSR count). The van der Waals surface area contributed by atoms with Gasteiger partial charge in [-0.2, -0.15) is 0 Å². The van der Waals surface area contributed by atoms with E-state index in [0.717, 1.165) is 6.08 Å². The van der Waals surface area contributed by atoms with E-state index in [-0.39, 0.29) is 13.0 Å². The number of amides is 1. The molecule has 0 aliphatic heterocycles. The van der Waals surface area contributed by atoms with E-state index < -0.39 is 30.0 Å². The van der Waals surface area contributed by atoms with E-state index in [1.54, 1.807) is 6.92 Å². The van der Waals surface area contributed by atoms with Crippen LogP contribution in [-0.4, -0.2) is 40.4 Å². The lowest BCUT2D eigenvalue weighted by Crippen LogP contribution is -2.53. The Balaban J connectivity index is 4.82. The molecule has 0 radical (unpaired) electrons. The number of ether oxygens (including phenoxy) is 1. The maximum Gasteiger partial charge on any atom is 0.408 e. The van der Waals surface area contributed by atoms with Crippen LogP contribution in [0.25, 0.3) is 0 Å². The summed E-state index contributed by atoms with van der Waals surface area (Å²) >= 11 is 0. The van der Waals surface area contributed by atoms with Crippen molar-refractivity contribution in [1.29, 1.82) is 0 Å². The Morgan fingerprint density at radius 1 is 1.41 bits per heavy atom. The topological polar surface area (TPSA) is 113 Å². The van der Waals surface area contributed by atoms with Crippen LogP contribution in [0.1, 0.15) is 19.8 Å². The van der Waals surface area contributed by atoms with Crippen molar-refractivity contribution in [3.05, 3.63) is 12.7 Å². The van der Waals surface area contributed by atoms with Crippen molar-refractivity contribution in [1.82, 2.24) is 5.32 Å². The summed E-state index contributed by atoms with van der Waals surface area (Å²) < 4.78 is 4.55. The highest BCUT2D eigenvalue weighted by atomic mass is 16.5. The molecule has 1 amide bonds. The smallest absolute Gasteiger partial charge is 0.408 e. The van der Waals surface area contributed by atoms with Gasteiger partial charge >= 0.3 is 18.0 Å². The molecule has 0 bridgehead atoms. The summed E-state index contributed by atoms with van der Waals surface area (Å²) in [4.78, 5) is 32.7. The number of rotatable bonds is 7. The van der Waals surface area contributed by atoms with Crippen LogP contribution in [0.5, 0.6) is 0 Å². The van der Waals surface area contributed by atoms with Gasteiger partial charge in [-0.1, -0.05) is 6.08 Å². The SMILES string of the molecule is C=CC(CCC(=O)O)(NC(=O)OCC)C(=O)O. The second-order valence-corrected chi connectivity index (χ2v) is 3.22. The van der Waals surface area contributed by atoms with E-state index >= 15 is 0 Å². The standard InChI is InChI=1S/C10H15NO6/c1-3-10(8(14)15,6-5-7(12)13)11-9(16)17-4-2/h3H,1,4-6H2,2H3,(H,11,16)(H,12,13)(H,14,15). The maximum absolute atomic E-state index is 11.2. The minimum Gasteiger partial charge on any atom is -0.481 e. The molecule has 0 aromatic heterocycles. The van der Waals surface area contributed by atoms with Gasteiger partial charge in [0.1, 0.15) is 0 Å². The second kappa shape index (κ2) is 6.51. The maximum atomic E-state index is 11.2. The van der Waals surface area contributed by atoms with Gasteiger partial charge < -0.3 is 20.3 Å². The van der Waals surface area contributed by atoms with Gasteiger partial charge in [0.05, 0.1) is 6.61 Å². The average molecular weight is 245 g/mol. The van der Waals surface area contributed by atoms with E-state index in [1.807, 2.05) is 0 Å². The van der Waals surface area contributed by atoms with Gasteiger partial charge in [0.15, 0.2) is 5.54 Å². The molecule has 0 saturated heterocycles. The zero-order valence-corrected chi connectivity index (χ0v) is 9.43. The first-order chi connectivity index (χ1) is 7.88. The van der Waals surface area contributed by atoms with Crippen LogP contribution in [0.15, 0.2) is 12.7 Å². The number of carbonyl (C=O) groups is 3. The Bertz CT molecular complexity index is 327. The first-order valence-electron chi connectivity index (χ1n) is 4.91. The first-order valence-corrected chi connectivity index (χ1v) is 4.91. The number of aliphatic carboxylic acids is 2. The number of hydrogen-bond donors (Lipinski definition) is 3. The third-order valence-corrected chi connectivity index (χ3v) is 2.06. The minimum absolute atomic E-state index is 0.0810. The lowest BCUT2D eigenvalue weighted by atomic mass is 9.94. The van der Waals surface area contributed by atoms with E-state index in [4.69, 9.17) is 10.2 Å². The highest BCUT2D eigenvalue weighted by Gasteiger charge is 2.37. The van der Waals surface area contributed by atoms with Crippen LogP contribution in [0.4, 0.5) is 4.79 Å². The zero-order valence-electron chi connectivity index (χ0n) is 9.43. The fraction of sp³-hybridized carbons (Fsp3) is 0.500.